The Balaban J connectivity index is 2.21. The van der Waals surface area contributed by atoms with Crippen LogP contribution in [0.1, 0.15) is 24.8 Å². The molecule has 1 aromatic heterocycles. The first-order chi connectivity index (χ1) is 11.8. The van der Waals surface area contributed by atoms with Gasteiger partial charge in [0.2, 0.25) is 0 Å². The molecule has 0 unspecified atom stereocenters. The van der Waals surface area contributed by atoms with Gasteiger partial charge in [0, 0.05) is 31.1 Å². The predicted octanol–water partition coefficient (Wildman–Crippen LogP) is 2.48. The van der Waals surface area contributed by atoms with Crippen LogP contribution in [0.4, 0.5) is 5.69 Å². The summed E-state index contributed by atoms with van der Waals surface area (Å²) in [5.41, 5.74) is 0.683. The summed E-state index contributed by atoms with van der Waals surface area (Å²) in [5.74, 6) is 4.77. The van der Waals surface area contributed by atoms with E-state index >= 15 is 0 Å². The molecule has 0 aliphatic carbocycles. The Morgan fingerprint density at radius 3 is 2.84 bits per heavy atom. The number of imidazole rings is 1. The summed E-state index contributed by atoms with van der Waals surface area (Å²) in [7, 11) is -2.18. The van der Waals surface area contributed by atoms with Crippen LogP contribution in [0.25, 0.3) is 0 Å². The normalized spacial score (nSPS) is 10.8. The van der Waals surface area contributed by atoms with E-state index in [9.17, 15) is 13.2 Å². The molecule has 0 bridgehead atoms. The predicted molar refractivity (Wildman–Crippen MR) is 93.8 cm³/mol. The molecule has 0 atom stereocenters. The van der Waals surface area contributed by atoms with Crippen LogP contribution in [0.3, 0.4) is 0 Å². The molecule has 0 amide bonds. The van der Waals surface area contributed by atoms with Crippen molar-refractivity contribution in [2.75, 3.05) is 4.72 Å². The minimum Gasteiger partial charge on any atom is -0.481 e. The average molecular weight is 382 g/mol. The number of hydrogen-bond donors (Lipinski definition) is 2. The monoisotopic (exact) mass is 381 g/mol. The summed E-state index contributed by atoms with van der Waals surface area (Å²) in [6.45, 7) is 0. The van der Waals surface area contributed by atoms with Gasteiger partial charge in [-0.3, -0.25) is 9.52 Å². The number of hydrogen-bond acceptors (Lipinski definition) is 4. The number of nitrogens with zero attached hydrogens (tertiary/aromatic N) is 2. The highest BCUT2D eigenvalue weighted by Gasteiger charge is 2.18. The molecule has 1 aromatic carbocycles. The van der Waals surface area contributed by atoms with Crippen molar-refractivity contribution in [1.82, 2.24) is 9.55 Å². The zero-order chi connectivity index (χ0) is 18.4. The molecule has 0 aliphatic heterocycles. The molecule has 2 aromatic rings. The van der Waals surface area contributed by atoms with Gasteiger partial charge < -0.3 is 9.67 Å². The Morgan fingerprint density at radius 2 is 2.20 bits per heavy atom. The van der Waals surface area contributed by atoms with Gasteiger partial charge in [0.1, 0.15) is 0 Å². The Bertz CT molecular complexity index is 942. The van der Waals surface area contributed by atoms with E-state index in [2.05, 4.69) is 21.5 Å². The van der Waals surface area contributed by atoms with Crippen molar-refractivity contribution >= 4 is 33.3 Å². The molecule has 132 valence electrons. The molecule has 0 spiro atoms. The third-order valence-electron chi connectivity index (χ3n) is 3.10. The molecule has 0 aliphatic rings. The van der Waals surface area contributed by atoms with Crippen LogP contribution < -0.4 is 4.72 Å². The number of aryl methyl sites for hydroxylation is 1. The number of aliphatic carboxylic acids is 1. The topological polar surface area (TPSA) is 101 Å². The standard InChI is InChI=1S/C16H16ClN3O4S/c1-20-10-15(18-11-20)25(23,24)19-14-8-7-13(17)9-12(14)5-3-2-4-6-16(21)22/h7-11,19H,2,4,6H2,1H3,(H,21,22). The molecule has 0 saturated carbocycles. The van der Waals surface area contributed by atoms with E-state index in [0.29, 0.717) is 23.4 Å². The third kappa shape index (κ3) is 5.52. The zero-order valence-electron chi connectivity index (χ0n) is 13.4. The maximum atomic E-state index is 12.4. The van der Waals surface area contributed by atoms with Gasteiger partial charge in [-0.15, -0.1) is 0 Å². The first kappa shape index (κ1) is 18.8. The lowest BCUT2D eigenvalue weighted by Gasteiger charge is -2.08. The van der Waals surface area contributed by atoms with E-state index in [-0.39, 0.29) is 17.1 Å². The van der Waals surface area contributed by atoms with Gasteiger partial charge in [-0.1, -0.05) is 23.4 Å². The van der Waals surface area contributed by atoms with Crippen molar-refractivity contribution in [2.24, 2.45) is 7.05 Å². The quantitative estimate of drug-likeness (QED) is 0.591. The van der Waals surface area contributed by atoms with Crippen LogP contribution in [0, 0.1) is 11.8 Å². The van der Waals surface area contributed by atoms with Crippen molar-refractivity contribution in [3.63, 3.8) is 0 Å². The number of halogens is 1. The molecule has 1 heterocycles. The Morgan fingerprint density at radius 1 is 1.44 bits per heavy atom. The van der Waals surface area contributed by atoms with Crippen LogP contribution in [-0.4, -0.2) is 29.0 Å². The number of carboxylic acids is 1. The SMILES string of the molecule is Cn1cnc(S(=O)(=O)Nc2ccc(Cl)cc2C#CCCCC(=O)O)c1. The van der Waals surface area contributed by atoms with Crippen LogP contribution in [0.5, 0.6) is 0 Å². The van der Waals surface area contributed by atoms with Crippen molar-refractivity contribution in [1.29, 1.82) is 0 Å². The lowest BCUT2D eigenvalue weighted by molar-refractivity contribution is -0.137. The van der Waals surface area contributed by atoms with Gasteiger partial charge in [0.25, 0.3) is 10.0 Å². The van der Waals surface area contributed by atoms with E-state index in [0.717, 1.165) is 0 Å². The maximum Gasteiger partial charge on any atom is 0.303 e. The van der Waals surface area contributed by atoms with Gasteiger partial charge in [-0.2, -0.15) is 8.42 Å². The highest BCUT2D eigenvalue weighted by Crippen LogP contribution is 2.22. The molecule has 0 saturated heterocycles. The van der Waals surface area contributed by atoms with Gasteiger partial charge in [-0.05, 0) is 24.6 Å². The van der Waals surface area contributed by atoms with Crippen LogP contribution in [0.2, 0.25) is 5.02 Å². The number of unbranched alkanes of at least 4 members (excludes halogenated alkanes) is 1. The number of carbonyl (C=O) groups is 1. The van der Waals surface area contributed by atoms with Crippen LogP contribution in [0.15, 0.2) is 35.7 Å². The summed E-state index contributed by atoms with van der Waals surface area (Å²) in [4.78, 5) is 14.3. The number of carboxylic acid groups (broad SMARTS) is 1. The second kappa shape index (κ2) is 8.05. The number of anilines is 1. The molecule has 25 heavy (non-hydrogen) atoms. The van der Waals surface area contributed by atoms with E-state index in [4.69, 9.17) is 16.7 Å². The highest BCUT2D eigenvalue weighted by atomic mass is 35.5. The summed E-state index contributed by atoms with van der Waals surface area (Å²) in [6.07, 6.45) is 3.60. The fraction of sp³-hybridized carbons (Fsp3) is 0.250. The van der Waals surface area contributed by atoms with Gasteiger partial charge >= 0.3 is 5.97 Å². The molecule has 0 radical (unpaired) electrons. The maximum absolute atomic E-state index is 12.4. The van der Waals surface area contributed by atoms with E-state index in [1.807, 2.05) is 0 Å². The largest absolute Gasteiger partial charge is 0.481 e. The molecule has 9 heteroatoms. The lowest BCUT2D eigenvalue weighted by atomic mass is 10.1. The first-order valence-corrected chi connectivity index (χ1v) is 9.15. The summed E-state index contributed by atoms with van der Waals surface area (Å²) < 4.78 is 28.7. The second-order valence-corrected chi connectivity index (χ2v) is 7.29. The molecule has 0 fully saturated rings. The zero-order valence-corrected chi connectivity index (χ0v) is 14.9. The number of nitrogens with one attached hydrogen (secondary N) is 1. The second-order valence-electron chi connectivity index (χ2n) is 5.22. The number of aromatic nitrogens is 2. The highest BCUT2D eigenvalue weighted by molar-refractivity contribution is 7.92. The summed E-state index contributed by atoms with van der Waals surface area (Å²) in [5, 5.41) is 8.90. The van der Waals surface area contributed by atoms with Crippen LogP contribution in [-0.2, 0) is 21.9 Å². The molecule has 2 N–H and O–H groups in total. The summed E-state index contributed by atoms with van der Waals surface area (Å²) in [6, 6.07) is 4.61. The van der Waals surface area contributed by atoms with E-state index in [1.165, 1.54) is 23.2 Å². The molecule has 2 rings (SSSR count). The Kier molecular flexibility index (Phi) is 6.07. The first-order valence-electron chi connectivity index (χ1n) is 7.29. The fourth-order valence-electron chi connectivity index (χ4n) is 1.92. The van der Waals surface area contributed by atoms with Crippen molar-refractivity contribution in [3.8, 4) is 11.8 Å². The van der Waals surface area contributed by atoms with Gasteiger partial charge in [0.15, 0.2) is 5.03 Å². The number of benzene rings is 1. The van der Waals surface area contributed by atoms with Crippen LogP contribution >= 0.6 is 11.6 Å². The van der Waals surface area contributed by atoms with Crippen molar-refractivity contribution < 1.29 is 18.3 Å². The van der Waals surface area contributed by atoms with Crippen molar-refractivity contribution in [2.45, 2.75) is 24.3 Å². The fourth-order valence-corrected chi connectivity index (χ4v) is 3.15. The molecular weight excluding hydrogens is 366 g/mol. The summed E-state index contributed by atoms with van der Waals surface area (Å²) >= 11 is 5.95. The number of rotatable bonds is 6. The Labute approximate surface area is 150 Å². The average Bonchev–Trinajstić information content (AvgIpc) is 2.96. The lowest BCUT2D eigenvalue weighted by Crippen LogP contribution is -2.14. The van der Waals surface area contributed by atoms with E-state index < -0.39 is 16.0 Å². The molecular formula is C16H16ClN3O4S. The van der Waals surface area contributed by atoms with E-state index in [1.54, 1.807) is 19.2 Å². The van der Waals surface area contributed by atoms with Gasteiger partial charge in [-0.25, -0.2) is 4.98 Å². The minimum atomic E-state index is -3.84. The number of sulfonamides is 1. The Hall–Kier alpha value is -2.50. The third-order valence-corrected chi connectivity index (χ3v) is 4.58. The smallest absolute Gasteiger partial charge is 0.303 e. The van der Waals surface area contributed by atoms with Gasteiger partial charge in [0.05, 0.1) is 17.6 Å². The molecule has 7 nitrogen and oxygen atoms in total. The van der Waals surface area contributed by atoms with Crippen molar-refractivity contribution in [3.05, 3.63) is 41.3 Å². The minimum absolute atomic E-state index is 0.0311.